The predicted molar refractivity (Wildman–Crippen MR) is 73.1 cm³/mol. The van der Waals surface area contributed by atoms with Crippen LogP contribution in [0, 0.1) is 10.1 Å². The zero-order chi connectivity index (χ0) is 14.7. The third-order valence-electron chi connectivity index (χ3n) is 2.58. The molecule has 1 N–H and O–H groups in total. The van der Waals surface area contributed by atoms with Gasteiger partial charge in [-0.2, -0.15) is 0 Å². The Morgan fingerprint density at radius 1 is 1.40 bits per heavy atom. The maximum absolute atomic E-state index is 10.7. The number of nitrogens with zero attached hydrogens (tertiary/aromatic N) is 2. The number of ether oxygens (including phenoxy) is 1. The van der Waals surface area contributed by atoms with Gasteiger partial charge in [-0.05, 0) is 24.6 Å². The number of halogens is 1. The molecule has 1 aromatic carbocycles. The van der Waals surface area contributed by atoms with E-state index < -0.39 is 11.0 Å². The highest BCUT2D eigenvalue weighted by molar-refractivity contribution is 6.32. The fourth-order valence-electron chi connectivity index (χ4n) is 1.56. The number of nitro groups is 1. The number of rotatable bonds is 4. The lowest BCUT2D eigenvalue weighted by molar-refractivity contribution is -0.384. The molecule has 0 radical (unpaired) electrons. The van der Waals surface area contributed by atoms with Crippen molar-refractivity contribution in [1.82, 2.24) is 4.98 Å². The molecule has 0 bridgehead atoms. The van der Waals surface area contributed by atoms with Crippen LogP contribution in [0.1, 0.15) is 18.6 Å². The lowest BCUT2D eigenvalue weighted by Gasteiger charge is -2.08. The molecule has 2 aromatic rings. The van der Waals surface area contributed by atoms with Crippen LogP contribution in [0.3, 0.4) is 0 Å². The summed E-state index contributed by atoms with van der Waals surface area (Å²) in [6.07, 6.45) is 0.866. The highest BCUT2D eigenvalue weighted by Gasteiger charge is 2.13. The number of hydrogen-bond acceptors (Lipinski definition) is 5. The molecule has 0 aliphatic heterocycles. The zero-order valence-corrected chi connectivity index (χ0v) is 11.2. The Morgan fingerprint density at radius 3 is 2.75 bits per heavy atom. The Hall–Kier alpha value is -2.18. The van der Waals surface area contributed by atoms with E-state index in [1.165, 1.54) is 24.4 Å². The smallest absolute Gasteiger partial charge is 0.288 e. The third kappa shape index (κ3) is 3.23. The van der Waals surface area contributed by atoms with E-state index in [0.717, 1.165) is 0 Å². The largest absolute Gasteiger partial charge is 0.439 e. The summed E-state index contributed by atoms with van der Waals surface area (Å²) in [5.41, 5.74) is 0.465. The number of aliphatic hydroxyl groups is 1. The number of benzene rings is 1. The van der Waals surface area contributed by atoms with E-state index in [1.54, 1.807) is 19.1 Å². The number of nitro benzene ring substituents is 1. The van der Waals surface area contributed by atoms with Gasteiger partial charge in [0.05, 0.1) is 11.0 Å². The first-order valence-corrected chi connectivity index (χ1v) is 6.11. The molecule has 0 saturated carbocycles. The molecule has 1 aromatic heterocycles. The van der Waals surface area contributed by atoms with Gasteiger partial charge in [0, 0.05) is 24.4 Å². The number of hydrogen-bond donors (Lipinski definition) is 1. The van der Waals surface area contributed by atoms with Crippen LogP contribution >= 0.6 is 11.6 Å². The molecular formula is C13H11ClN2O4. The Bertz CT molecular complexity index is 646. The van der Waals surface area contributed by atoms with Crippen LogP contribution in [0.5, 0.6) is 11.6 Å². The van der Waals surface area contributed by atoms with Crippen molar-refractivity contribution in [3.05, 3.63) is 57.2 Å². The van der Waals surface area contributed by atoms with E-state index >= 15 is 0 Å². The number of pyridine rings is 1. The van der Waals surface area contributed by atoms with Gasteiger partial charge in [0.15, 0.2) is 0 Å². The minimum Gasteiger partial charge on any atom is -0.439 e. The van der Waals surface area contributed by atoms with Crippen LogP contribution in [0.15, 0.2) is 36.5 Å². The Kier molecular flexibility index (Phi) is 4.16. The first-order valence-electron chi connectivity index (χ1n) is 5.73. The van der Waals surface area contributed by atoms with E-state index in [1.807, 2.05) is 0 Å². The van der Waals surface area contributed by atoms with Gasteiger partial charge < -0.3 is 9.84 Å². The molecule has 104 valence electrons. The summed E-state index contributed by atoms with van der Waals surface area (Å²) in [4.78, 5) is 14.1. The van der Waals surface area contributed by atoms with Crippen LogP contribution in [0.2, 0.25) is 5.02 Å². The molecular weight excluding hydrogens is 284 g/mol. The summed E-state index contributed by atoms with van der Waals surface area (Å²) in [5.74, 6) is 0.601. The van der Waals surface area contributed by atoms with Crippen molar-refractivity contribution >= 4 is 17.3 Å². The van der Waals surface area contributed by atoms with E-state index in [-0.39, 0.29) is 16.6 Å². The molecule has 1 heterocycles. The van der Waals surface area contributed by atoms with Crippen molar-refractivity contribution < 1.29 is 14.8 Å². The van der Waals surface area contributed by atoms with Crippen LogP contribution < -0.4 is 4.74 Å². The highest BCUT2D eigenvalue weighted by atomic mass is 35.5. The van der Waals surface area contributed by atoms with E-state index in [9.17, 15) is 15.2 Å². The summed E-state index contributed by atoms with van der Waals surface area (Å²) in [7, 11) is 0. The normalized spacial score (nSPS) is 11.9. The molecule has 7 heteroatoms. The summed E-state index contributed by atoms with van der Waals surface area (Å²) in [6, 6.07) is 7.29. The monoisotopic (exact) mass is 294 g/mol. The first-order chi connectivity index (χ1) is 9.47. The average molecular weight is 295 g/mol. The molecule has 0 aliphatic carbocycles. The molecule has 0 unspecified atom stereocenters. The summed E-state index contributed by atoms with van der Waals surface area (Å²) < 4.78 is 5.46. The SMILES string of the molecule is C[C@@H](O)c1ccnc(Oc2ccc([N+](=O)[O-])c(Cl)c2)c1. The lowest BCUT2D eigenvalue weighted by Crippen LogP contribution is -1.95. The molecule has 1 atom stereocenters. The molecule has 0 spiro atoms. The second kappa shape index (κ2) is 5.85. The average Bonchev–Trinajstić information content (AvgIpc) is 2.38. The topological polar surface area (TPSA) is 85.5 Å². The van der Waals surface area contributed by atoms with Crippen molar-refractivity contribution in [3.63, 3.8) is 0 Å². The van der Waals surface area contributed by atoms with Gasteiger partial charge in [0.2, 0.25) is 5.88 Å². The van der Waals surface area contributed by atoms with Crippen LogP contribution in [0.25, 0.3) is 0 Å². The van der Waals surface area contributed by atoms with Gasteiger partial charge in [0.25, 0.3) is 5.69 Å². The standard InChI is InChI=1S/C13H11ClN2O4/c1-8(17)9-4-5-15-13(6-9)20-10-2-3-12(16(18)19)11(14)7-10/h2-8,17H,1H3/t8-/m1/s1. The van der Waals surface area contributed by atoms with Crippen molar-refractivity contribution in [1.29, 1.82) is 0 Å². The first kappa shape index (κ1) is 14.2. The zero-order valence-electron chi connectivity index (χ0n) is 10.5. The maximum Gasteiger partial charge on any atom is 0.288 e. The second-order valence-corrected chi connectivity index (χ2v) is 4.48. The van der Waals surface area contributed by atoms with Gasteiger partial charge >= 0.3 is 0 Å². The minimum atomic E-state index is -0.638. The summed E-state index contributed by atoms with van der Waals surface area (Å²) >= 11 is 5.79. The minimum absolute atomic E-state index is 0.0146. The summed E-state index contributed by atoms with van der Waals surface area (Å²) in [6.45, 7) is 1.63. The number of aromatic nitrogens is 1. The van der Waals surface area contributed by atoms with Gasteiger partial charge in [0.1, 0.15) is 10.8 Å². The lowest BCUT2D eigenvalue weighted by atomic mass is 10.2. The molecule has 6 nitrogen and oxygen atoms in total. The molecule has 20 heavy (non-hydrogen) atoms. The quantitative estimate of drug-likeness (QED) is 0.689. The Balaban J connectivity index is 2.24. The van der Waals surface area contributed by atoms with Crippen LogP contribution in [-0.2, 0) is 0 Å². The van der Waals surface area contributed by atoms with Crippen molar-refractivity contribution in [2.45, 2.75) is 13.0 Å². The molecule has 0 fully saturated rings. The second-order valence-electron chi connectivity index (χ2n) is 4.08. The Labute approximate surface area is 119 Å². The highest BCUT2D eigenvalue weighted by Crippen LogP contribution is 2.30. The van der Waals surface area contributed by atoms with Crippen molar-refractivity contribution in [2.24, 2.45) is 0 Å². The van der Waals surface area contributed by atoms with Gasteiger partial charge in [-0.15, -0.1) is 0 Å². The Morgan fingerprint density at radius 2 is 2.15 bits per heavy atom. The molecule has 0 saturated heterocycles. The maximum atomic E-state index is 10.7. The summed E-state index contributed by atoms with van der Waals surface area (Å²) in [5, 5.41) is 20.1. The van der Waals surface area contributed by atoms with Crippen LogP contribution in [-0.4, -0.2) is 15.0 Å². The van der Waals surface area contributed by atoms with Gasteiger partial charge in [-0.3, -0.25) is 10.1 Å². The van der Waals surface area contributed by atoms with Crippen molar-refractivity contribution in [3.8, 4) is 11.6 Å². The fourth-order valence-corrected chi connectivity index (χ4v) is 1.80. The molecule has 2 rings (SSSR count). The fraction of sp³-hybridized carbons (Fsp3) is 0.154. The number of aliphatic hydroxyl groups excluding tert-OH is 1. The molecule has 0 aliphatic rings. The van der Waals surface area contributed by atoms with E-state index in [2.05, 4.69) is 4.98 Å². The van der Waals surface area contributed by atoms with Crippen molar-refractivity contribution in [2.75, 3.05) is 0 Å². The third-order valence-corrected chi connectivity index (χ3v) is 2.88. The van der Waals surface area contributed by atoms with Gasteiger partial charge in [-0.1, -0.05) is 11.6 Å². The predicted octanol–water partition coefficient (Wildman–Crippen LogP) is 3.49. The van der Waals surface area contributed by atoms with Crippen LogP contribution in [0.4, 0.5) is 5.69 Å². The molecule has 0 amide bonds. The van der Waals surface area contributed by atoms with E-state index in [0.29, 0.717) is 11.3 Å². The van der Waals surface area contributed by atoms with E-state index in [4.69, 9.17) is 16.3 Å². The van der Waals surface area contributed by atoms with Gasteiger partial charge in [-0.25, -0.2) is 4.98 Å².